The summed E-state index contributed by atoms with van der Waals surface area (Å²) in [7, 11) is 0. The molecule has 0 amide bonds. The number of thiophene rings is 1. The molecule has 0 fully saturated rings. The number of furan rings is 1. The second-order valence-electron chi connectivity index (χ2n) is 17.2. The quantitative estimate of drug-likeness (QED) is 0.166. The topological polar surface area (TPSA) is 16.4 Å². The summed E-state index contributed by atoms with van der Waals surface area (Å²) in [6, 6.07) is 88.7. The number of benzene rings is 10. The molecule has 2 aromatic heterocycles. The van der Waals surface area contributed by atoms with Gasteiger partial charge in [0.25, 0.3) is 0 Å². The van der Waals surface area contributed by atoms with Gasteiger partial charge in [-0.1, -0.05) is 182 Å². The fourth-order valence-electron chi connectivity index (χ4n) is 10.2. The van der Waals surface area contributed by atoms with Gasteiger partial charge in [0.05, 0.1) is 6.26 Å². The third-order valence-electron chi connectivity index (χ3n) is 13.4. The number of rotatable bonds is 6. The number of anilines is 3. The van der Waals surface area contributed by atoms with Crippen LogP contribution in [0.4, 0.5) is 17.1 Å². The zero-order valence-electron chi connectivity index (χ0n) is 36.4. The number of fused-ring (bicyclic) bond motifs is 14. The van der Waals surface area contributed by atoms with Crippen LogP contribution < -0.4 is 4.90 Å². The van der Waals surface area contributed by atoms with Crippen LogP contribution in [-0.4, -0.2) is 0 Å². The average molecular weight is 872 g/mol. The molecule has 3 heteroatoms. The molecule has 0 bridgehead atoms. The minimum absolute atomic E-state index is 0.860. The standard InChI is InChI=1S/C64H41NOS/c1-2-14-42(15-3-1)43-27-31-47(32-28-43)65(48-33-29-44(30-34-48)45-16-12-17-46(40-45)61-25-13-39-66-61)49-35-36-55-53-21-7-5-19-51(53)50-18-4-6-20-52(50)54-22-8-9-24-57(54)63-58(60(55)41-49)37-38-59-56-23-10-11-26-62(56)67-64(59)63/h1-41H. The first-order valence-electron chi connectivity index (χ1n) is 22.8. The molecule has 67 heavy (non-hydrogen) atoms. The summed E-state index contributed by atoms with van der Waals surface area (Å²) in [5.74, 6) is 0.860. The minimum atomic E-state index is 0.860. The Kier molecular flexibility index (Phi) is 9.40. The molecule has 0 N–H and O–H groups in total. The van der Waals surface area contributed by atoms with E-state index in [9.17, 15) is 0 Å². The molecule has 13 rings (SSSR count). The zero-order chi connectivity index (χ0) is 44.3. The third kappa shape index (κ3) is 6.71. The maximum atomic E-state index is 5.77. The summed E-state index contributed by atoms with van der Waals surface area (Å²) < 4.78 is 8.36. The van der Waals surface area contributed by atoms with Gasteiger partial charge in [0.1, 0.15) is 5.76 Å². The van der Waals surface area contributed by atoms with Crippen molar-refractivity contribution in [2.24, 2.45) is 0 Å². The Balaban J connectivity index is 1.11. The molecule has 0 unspecified atom stereocenters. The van der Waals surface area contributed by atoms with Crippen LogP contribution in [0.3, 0.4) is 0 Å². The summed E-state index contributed by atoms with van der Waals surface area (Å²) in [5.41, 5.74) is 8.92. The number of hydrogen-bond acceptors (Lipinski definition) is 3. The van der Waals surface area contributed by atoms with E-state index < -0.39 is 0 Å². The molecular formula is C64H41NOS. The normalized spacial score (nSPS) is 11.6. The lowest BCUT2D eigenvalue weighted by molar-refractivity contribution is 0.582. The third-order valence-corrected chi connectivity index (χ3v) is 14.6. The lowest BCUT2D eigenvalue weighted by Crippen LogP contribution is -2.09. The smallest absolute Gasteiger partial charge is 0.133 e. The first-order valence-corrected chi connectivity index (χ1v) is 23.6. The second kappa shape index (κ2) is 16.2. The molecule has 0 aliphatic heterocycles. The van der Waals surface area contributed by atoms with Crippen LogP contribution in [0.5, 0.6) is 0 Å². The summed E-state index contributed by atoms with van der Waals surface area (Å²) in [6.07, 6.45) is 1.73. The molecule has 0 atom stereocenters. The Morgan fingerprint density at radius 1 is 0.284 bits per heavy atom. The number of hydrogen-bond donors (Lipinski definition) is 0. The maximum absolute atomic E-state index is 5.77. The summed E-state index contributed by atoms with van der Waals surface area (Å²) in [6.45, 7) is 0. The second-order valence-corrected chi connectivity index (χ2v) is 18.2. The molecule has 0 saturated carbocycles. The van der Waals surface area contributed by atoms with Crippen molar-refractivity contribution in [3.63, 3.8) is 0 Å². The van der Waals surface area contributed by atoms with Crippen molar-refractivity contribution in [1.82, 2.24) is 0 Å². The van der Waals surface area contributed by atoms with E-state index in [2.05, 4.69) is 235 Å². The molecule has 13 aromatic rings. The highest BCUT2D eigenvalue weighted by molar-refractivity contribution is 7.26. The van der Waals surface area contributed by atoms with Crippen LogP contribution in [0, 0.1) is 0 Å². The average Bonchev–Trinajstić information content (AvgIpc) is 4.09. The zero-order valence-corrected chi connectivity index (χ0v) is 37.3. The fourth-order valence-corrected chi connectivity index (χ4v) is 11.5. The van der Waals surface area contributed by atoms with Gasteiger partial charge in [-0.3, -0.25) is 0 Å². The van der Waals surface area contributed by atoms with Crippen molar-refractivity contribution in [3.8, 4) is 33.6 Å². The van der Waals surface area contributed by atoms with E-state index in [-0.39, 0.29) is 0 Å². The van der Waals surface area contributed by atoms with E-state index in [1.807, 2.05) is 23.5 Å². The van der Waals surface area contributed by atoms with Gasteiger partial charge in [-0.05, 0) is 131 Å². The van der Waals surface area contributed by atoms with Crippen molar-refractivity contribution < 1.29 is 4.42 Å². The molecule has 11 aromatic carbocycles. The molecule has 0 aliphatic rings. The van der Waals surface area contributed by atoms with E-state index in [0.29, 0.717) is 0 Å². The summed E-state index contributed by atoms with van der Waals surface area (Å²) in [4.78, 5) is 2.41. The van der Waals surface area contributed by atoms with E-state index in [1.165, 1.54) is 85.2 Å². The fraction of sp³-hybridized carbons (Fsp3) is 0. The Morgan fingerprint density at radius 2 is 0.746 bits per heavy atom. The predicted octanol–water partition coefficient (Wildman–Crippen LogP) is 19.0. The molecule has 0 saturated heterocycles. The highest BCUT2D eigenvalue weighted by Gasteiger charge is 2.18. The van der Waals surface area contributed by atoms with E-state index in [0.717, 1.165) is 39.5 Å². The van der Waals surface area contributed by atoms with Gasteiger partial charge in [0.2, 0.25) is 0 Å². The van der Waals surface area contributed by atoms with Gasteiger partial charge in [-0.15, -0.1) is 11.3 Å². The van der Waals surface area contributed by atoms with Gasteiger partial charge < -0.3 is 9.32 Å². The SMILES string of the molecule is c1ccc(-c2ccc(N(c3ccc(-c4cccc(-c5ccco5)c4)cc3)c3ccc4c5ccccc5c5ccccc5c5ccccc5c5c(ccc6c7ccccc7sc65)c4c3)cc2)cc1. The Hall–Kier alpha value is -8.50. The van der Waals surface area contributed by atoms with Gasteiger partial charge in [0.15, 0.2) is 0 Å². The van der Waals surface area contributed by atoms with Crippen molar-refractivity contribution in [2.75, 3.05) is 4.90 Å². The van der Waals surface area contributed by atoms with Gasteiger partial charge in [-0.2, -0.15) is 0 Å². The number of nitrogens with zero attached hydrogens (tertiary/aromatic N) is 1. The minimum Gasteiger partial charge on any atom is -0.464 e. The Morgan fingerprint density at radius 3 is 1.39 bits per heavy atom. The van der Waals surface area contributed by atoms with Crippen LogP contribution in [-0.2, 0) is 0 Å². The summed E-state index contributed by atoms with van der Waals surface area (Å²) in [5, 5.41) is 14.8. The molecular weight excluding hydrogens is 831 g/mol. The Bertz CT molecular complexity index is 4080. The monoisotopic (exact) mass is 871 g/mol. The molecule has 0 radical (unpaired) electrons. The van der Waals surface area contributed by atoms with Crippen molar-refractivity contribution in [1.29, 1.82) is 0 Å². The first kappa shape index (κ1) is 38.9. The van der Waals surface area contributed by atoms with Crippen molar-refractivity contribution >= 4 is 102 Å². The largest absolute Gasteiger partial charge is 0.464 e. The maximum Gasteiger partial charge on any atom is 0.133 e. The van der Waals surface area contributed by atoms with Crippen molar-refractivity contribution in [3.05, 3.63) is 249 Å². The molecule has 2 heterocycles. The van der Waals surface area contributed by atoms with Crippen molar-refractivity contribution in [2.45, 2.75) is 0 Å². The lowest BCUT2D eigenvalue weighted by Gasteiger charge is -2.26. The molecule has 0 aliphatic carbocycles. The highest BCUT2D eigenvalue weighted by Crippen LogP contribution is 2.45. The van der Waals surface area contributed by atoms with Gasteiger partial charge >= 0.3 is 0 Å². The van der Waals surface area contributed by atoms with Gasteiger partial charge in [-0.25, -0.2) is 0 Å². The summed E-state index contributed by atoms with van der Waals surface area (Å²) >= 11 is 1.90. The molecule has 314 valence electrons. The van der Waals surface area contributed by atoms with Crippen LogP contribution >= 0.6 is 11.3 Å². The predicted molar refractivity (Wildman–Crippen MR) is 288 cm³/mol. The van der Waals surface area contributed by atoms with Crippen LogP contribution in [0.2, 0.25) is 0 Å². The van der Waals surface area contributed by atoms with Gasteiger partial charge in [0, 0.05) is 48.2 Å². The highest BCUT2D eigenvalue weighted by atomic mass is 32.1. The van der Waals surface area contributed by atoms with Crippen LogP contribution in [0.15, 0.2) is 253 Å². The lowest BCUT2D eigenvalue weighted by atomic mass is 9.93. The van der Waals surface area contributed by atoms with Crippen LogP contribution in [0.25, 0.3) is 108 Å². The van der Waals surface area contributed by atoms with Crippen LogP contribution in [0.1, 0.15) is 0 Å². The van der Waals surface area contributed by atoms with E-state index in [4.69, 9.17) is 4.42 Å². The van der Waals surface area contributed by atoms with E-state index >= 15 is 0 Å². The molecule has 0 spiro atoms. The Labute approximate surface area is 392 Å². The van der Waals surface area contributed by atoms with E-state index in [1.54, 1.807) is 6.26 Å². The molecule has 2 nitrogen and oxygen atoms in total. The first-order chi connectivity index (χ1) is 33.2.